The molecule has 9 atom stereocenters. The molecular formula is C23H25FN10O9P2. The molecule has 2 unspecified atom stereocenters. The van der Waals surface area contributed by atoms with E-state index >= 15 is 4.39 Å². The van der Waals surface area contributed by atoms with Crippen LogP contribution in [0.5, 0.6) is 0 Å². The number of alkyl halides is 1. The van der Waals surface area contributed by atoms with Gasteiger partial charge in [-0.3, -0.25) is 27.5 Å². The van der Waals surface area contributed by atoms with Gasteiger partial charge in [0.1, 0.15) is 29.7 Å². The molecule has 5 aromatic heterocycles. The van der Waals surface area contributed by atoms with Gasteiger partial charge < -0.3 is 29.4 Å². The Balaban J connectivity index is 1.08. The molecule has 3 fully saturated rings. The van der Waals surface area contributed by atoms with Crippen molar-refractivity contribution in [2.45, 2.75) is 37.1 Å². The number of anilines is 1. The second-order valence-corrected chi connectivity index (χ2v) is 13.4. The lowest BCUT2D eigenvalue weighted by Crippen LogP contribution is -2.43. The van der Waals surface area contributed by atoms with Crippen LogP contribution in [-0.2, 0) is 32.0 Å². The van der Waals surface area contributed by atoms with E-state index in [1.807, 2.05) is 0 Å². The molecule has 3 aliphatic rings. The Kier molecular flexibility index (Phi) is 6.88. The summed E-state index contributed by atoms with van der Waals surface area (Å²) in [5.74, 6) is -0.307. The summed E-state index contributed by atoms with van der Waals surface area (Å²) in [6.07, 6.45) is 1.16. The predicted octanol–water partition coefficient (Wildman–Crippen LogP) is 1.15. The SMILES string of the molecule is Nc1ncnc2c1ncn2[C@@H]1C[C@@H]2CO[PH](=O)O[C@@H]3[C@H](F)[C@@H](COP(=O)(O)OC[C@H]21)O[C@H]3n1cnc2c(=O)n3ccnc3[nH]c21. The summed E-state index contributed by atoms with van der Waals surface area (Å²) in [6.45, 7) is -1.04. The predicted molar refractivity (Wildman–Crippen MR) is 150 cm³/mol. The fourth-order valence-electron chi connectivity index (χ4n) is 6.15. The number of imidazole rings is 3. The van der Waals surface area contributed by atoms with Gasteiger partial charge in [-0.1, -0.05) is 0 Å². The van der Waals surface area contributed by atoms with E-state index in [0.29, 0.717) is 17.6 Å². The average molecular weight is 666 g/mol. The summed E-state index contributed by atoms with van der Waals surface area (Å²) in [4.78, 5) is 47.1. The highest BCUT2D eigenvalue weighted by molar-refractivity contribution is 7.47. The maximum Gasteiger partial charge on any atom is 0.472 e. The molecule has 5 aromatic rings. The van der Waals surface area contributed by atoms with Crippen molar-refractivity contribution in [2.24, 2.45) is 11.8 Å². The number of fused-ring (bicyclic) bond motifs is 6. The number of nitrogens with one attached hydrogen (secondary N) is 1. The Hall–Kier alpha value is -3.61. The van der Waals surface area contributed by atoms with Gasteiger partial charge in [0.2, 0.25) is 5.78 Å². The van der Waals surface area contributed by atoms with Gasteiger partial charge in [0.25, 0.3) is 5.56 Å². The zero-order chi connectivity index (χ0) is 31.0. The number of hydrogen-bond donors (Lipinski definition) is 3. The summed E-state index contributed by atoms with van der Waals surface area (Å²) in [7, 11) is -8.00. The van der Waals surface area contributed by atoms with E-state index in [4.69, 9.17) is 28.6 Å². The van der Waals surface area contributed by atoms with Crippen LogP contribution in [0.3, 0.4) is 0 Å². The van der Waals surface area contributed by atoms with Crippen LogP contribution in [0.4, 0.5) is 10.2 Å². The number of nitrogens with two attached hydrogens (primary N) is 1. The number of nitrogen functional groups attached to an aromatic ring is 1. The third-order valence-electron chi connectivity index (χ3n) is 8.49. The van der Waals surface area contributed by atoms with Crippen LogP contribution < -0.4 is 11.3 Å². The molecule has 238 valence electrons. The van der Waals surface area contributed by atoms with Crippen molar-refractivity contribution in [3.05, 3.63) is 41.7 Å². The molecule has 45 heavy (non-hydrogen) atoms. The van der Waals surface area contributed by atoms with Crippen LogP contribution >= 0.6 is 16.1 Å². The van der Waals surface area contributed by atoms with E-state index in [0.717, 1.165) is 0 Å². The highest BCUT2D eigenvalue weighted by atomic mass is 31.2. The zero-order valence-corrected chi connectivity index (χ0v) is 24.8. The third kappa shape index (κ3) is 4.80. The quantitative estimate of drug-likeness (QED) is 0.224. The first-order chi connectivity index (χ1) is 21.7. The lowest BCUT2D eigenvalue weighted by molar-refractivity contribution is -0.0468. The Bertz CT molecular complexity index is 2070. The molecule has 8 rings (SSSR count). The topological polar surface area (TPSA) is 238 Å². The molecule has 0 spiro atoms. The Morgan fingerprint density at radius 1 is 1.09 bits per heavy atom. The molecule has 1 saturated carbocycles. The summed E-state index contributed by atoms with van der Waals surface area (Å²) >= 11 is 0. The highest BCUT2D eigenvalue weighted by Crippen LogP contribution is 2.52. The monoisotopic (exact) mass is 666 g/mol. The number of hydrogen-bond acceptors (Lipinski definition) is 14. The minimum absolute atomic E-state index is 0.00594. The molecule has 4 N–H and O–H groups in total. The minimum atomic E-state index is -4.70. The molecule has 0 aromatic carbocycles. The average Bonchev–Trinajstić information content (AvgIpc) is 3.79. The standard InChI is InChI=1S/C23H25FN10O9P2/c24-14-13-6-41-45(37,38)40-5-11-10(3-12(11)33-8-29-15-18(25)27-7-28-19(15)33)4-39-44(36)43-17(14)22(42-13)34-9-30-16-20(34)31-23-26-1-2-32(23)21(16)35/h1-2,7-14,17,22,44H,3-6H2,(H,26,31)(H,37,38)(H2,25,27,28)/t10-,11-,12-,13-,14-,17-,22-/m1/s1. The number of ether oxygens (including phenoxy) is 1. The fraction of sp³-hybridized carbons (Fsp3) is 0.478. The van der Waals surface area contributed by atoms with E-state index in [-0.39, 0.29) is 47.9 Å². The molecular weight excluding hydrogens is 641 g/mol. The normalized spacial score (nSPS) is 34.5. The van der Waals surface area contributed by atoms with E-state index in [2.05, 4.69) is 29.9 Å². The number of aromatic nitrogens is 9. The molecule has 19 nitrogen and oxygen atoms in total. The van der Waals surface area contributed by atoms with Crippen molar-refractivity contribution >= 4 is 50.0 Å². The first-order valence-corrected chi connectivity index (χ1v) is 16.5. The van der Waals surface area contributed by atoms with Gasteiger partial charge in [-0.15, -0.1) is 0 Å². The van der Waals surface area contributed by atoms with Crippen LogP contribution in [0.25, 0.3) is 28.1 Å². The van der Waals surface area contributed by atoms with Gasteiger partial charge in [-0.05, 0) is 12.3 Å². The van der Waals surface area contributed by atoms with Crippen molar-refractivity contribution in [1.29, 1.82) is 0 Å². The highest BCUT2D eigenvalue weighted by Gasteiger charge is 2.50. The molecule has 7 heterocycles. The molecule has 2 saturated heterocycles. The summed E-state index contributed by atoms with van der Waals surface area (Å²) < 4.78 is 73.7. The van der Waals surface area contributed by atoms with Gasteiger partial charge in [-0.25, -0.2) is 38.3 Å². The maximum atomic E-state index is 15.8. The molecule has 0 radical (unpaired) electrons. The second-order valence-electron chi connectivity index (χ2n) is 10.9. The van der Waals surface area contributed by atoms with Gasteiger partial charge in [-0.2, -0.15) is 0 Å². The Morgan fingerprint density at radius 3 is 2.76 bits per heavy atom. The van der Waals surface area contributed by atoms with E-state index in [1.165, 1.54) is 34.0 Å². The number of aromatic amines is 1. The van der Waals surface area contributed by atoms with Crippen LogP contribution in [0.15, 0.2) is 36.2 Å². The van der Waals surface area contributed by atoms with E-state index in [9.17, 15) is 18.8 Å². The Morgan fingerprint density at radius 2 is 1.89 bits per heavy atom. The van der Waals surface area contributed by atoms with Gasteiger partial charge >= 0.3 is 16.1 Å². The molecule has 0 amide bonds. The lowest BCUT2D eigenvalue weighted by atomic mass is 9.70. The third-order valence-corrected chi connectivity index (χ3v) is 10.3. The van der Waals surface area contributed by atoms with Crippen LogP contribution in [0, 0.1) is 11.8 Å². The molecule has 1 aliphatic carbocycles. The lowest BCUT2D eigenvalue weighted by Gasteiger charge is -2.45. The number of halogens is 1. The first-order valence-electron chi connectivity index (χ1n) is 13.8. The second kappa shape index (κ2) is 10.7. The summed E-state index contributed by atoms with van der Waals surface area (Å²) in [5.41, 5.74) is 6.47. The van der Waals surface area contributed by atoms with E-state index < -0.39 is 58.8 Å². The number of H-pyrrole nitrogens is 1. The van der Waals surface area contributed by atoms with Gasteiger partial charge in [0.05, 0.1) is 32.5 Å². The van der Waals surface area contributed by atoms with Crippen molar-refractivity contribution in [3.63, 3.8) is 0 Å². The number of rotatable bonds is 2. The van der Waals surface area contributed by atoms with Crippen molar-refractivity contribution in [3.8, 4) is 0 Å². The summed E-state index contributed by atoms with van der Waals surface area (Å²) in [6, 6.07) is -0.286. The summed E-state index contributed by atoms with van der Waals surface area (Å²) in [5, 5.41) is 0. The maximum absolute atomic E-state index is 15.8. The molecule has 2 aliphatic heterocycles. The molecule has 22 heteroatoms. The fourth-order valence-corrected chi connectivity index (χ4v) is 7.80. The number of nitrogens with zero attached hydrogens (tertiary/aromatic N) is 8. The van der Waals surface area contributed by atoms with Crippen LogP contribution in [0.2, 0.25) is 0 Å². The van der Waals surface area contributed by atoms with Gasteiger partial charge in [0, 0.05) is 24.4 Å². The van der Waals surface area contributed by atoms with Crippen molar-refractivity contribution in [1.82, 2.24) is 43.4 Å². The Labute approximate surface area is 251 Å². The zero-order valence-electron chi connectivity index (χ0n) is 23.0. The van der Waals surface area contributed by atoms with Crippen LogP contribution in [0.1, 0.15) is 18.7 Å². The van der Waals surface area contributed by atoms with Crippen molar-refractivity contribution < 1.29 is 41.2 Å². The minimum Gasteiger partial charge on any atom is -0.382 e. The smallest absolute Gasteiger partial charge is 0.382 e. The molecule has 2 bridgehead atoms. The first kappa shape index (κ1) is 28.8. The van der Waals surface area contributed by atoms with Crippen molar-refractivity contribution in [2.75, 3.05) is 25.6 Å². The van der Waals surface area contributed by atoms with Crippen LogP contribution in [-0.4, -0.2) is 86.5 Å². The van der Waals surface area contributed by atoms with E-state index in [1.54, 1.807) is 10.9 Å². The largest absolute Gasteiger partial charge is 0.472 e. The number of phosphoric ester groups is 1. The number of phosphoric acid groups is 1. The van der Waals surface area contributed by atoms with Gasteiger partial charge in [0.15, 0.2) is 29.4 Å².